The molecule has 1 fully saturated rings. The van der Waals surface area contributed by atoms with Crippen LogP contribution in [0.15, 0.2) is 61.1 Å². The number of nitrogens with zero attached hydrogens (tertiary/aromatic N) is 4. The summed E-state index contributed by atoms with van der Waals surface area (Å²) in [7, 11) is -4.74. The van der Waals surface area contributed by atoms with E-state index in [1.807, 2.05) is 0 Å². The van der Waals surface area contributed by atoms with Crippen LogP contribution in [0.4, 0.5) is 13.2 Å². The van der Waals surface area contributed by atoms with E-state index in [4.69, 9.17) is 29.7 Å². The minimum atomic E-state index is -4.74. The molecule has 1 N–H and O–H groups in total. The number of halogens is 3. The second-order valence-corrected chi connectivity index (χ2v) is 18.5. The minimum Gasteiger partial charge on any atom is -0.462 e. The van der Waals surface area contributed by atoms with Gasteiger partial charge in [-0.3, -0.25) is 18.7 Å². The summed E-state index contributed by atoms with van der Waals surface area (Å²) in [6.07, 6.45) is 22.1. The van der Waals surface area contributed by atoms with Crippen LogP contribution in [0.5, 0.6) is 5.75 Å². The van der Waals surface area contributed by atoms with Crippen molar-refractivity contribution in [3.63, 3.8) is 0 Å². The van der Waals surface area contributed by atoms with Crippen LogP contribution in [0.1, 0.15) is 142 Å². The summed E-state index contributed by atoms with van der Waals surface area (Å²) >= 11 is 0. The molecule has 0 spiro atoms. The van der Waals surface area contributed by atoms with Gasteiger partial charge in [-0.1, -0.05) is 121 Å². The molecular weight excluding hydrogens is 863 g/mol. The number of ether oxygens (including phenoxy) is 3. The highest BCUT2D eigenvalue weighted by atomic mass is 31.2. The van der Waals surface area contributed by atoms with E-state index in [0.717, 1.165) is 37.8 Å². The molecule has 0 aliphatic carbocycles. The maximum absolute atomic E-state index is 14.9. The molecule has 0 radical (unpaired) electrons. The topological polar surface area (TPSA) is 153 Å². The van der Waals surface area contributed by atoms with Crippen molar-refractivity contribution in [2.45, 2.75) is 166 Å². The number of terminal acetylenes is 1. The Balaban J connectivity index is 1.28. The highest BCUT2D eigenvalue weighted by molar-refractivity contribution is 7.52. The number of hydrogen-bond acceptors (Lipinski definition) is 11. The summed E-state index contributed by atoms with van der Waals surface area (Å²) < 4.78 is 89.0. The SMILES string of the molecule is C#C[C@]1(CO[P@@](=O)(N[C@@H](Cc2cc(F)cc(F)c2)C(=O)OC(C)C)Oc2ccccc2)O[C@@H](n2cnc3cnc(F)nc32)C[C@@H]1OC(=O)CCCCCCCCCCCCCCCCC. The van der Waals surface area contributed by atoms with Gasteiger partial charge in [-0.25, -0.2) is 23.3 Å². The largest absolute Gasteiger partial charge is 0.462 e. The van der Waals surface area contributed by atoms with Gasteiger partial charge >= 0.3 is 25.8 Å². The van der Waals surface area contributed by atoms with Gasteiger partial charge in [0.2, 0.25) is 0 Å². The highest BCUT2D eigenvalue weighted by Gasteiger charge is 2.53. The van der Waals surface area contributed by atoms with Gasteiger partial charge in [-0.2, -0.15) is 14.5 Å². The van der Waals surface area contributed by atoms with Crippen molar-refractivity contribution < 1.29 is 50.6 Å². The van der Waals surface area contributed by atoms with E-state index in [9.17, 15) is 27.3 Å². The molecule has 2 aromatic heterocycles. The third-order valence-corrected chi connectivity index (χ3v) is 12.7. The molecule has 2 aromatic carbocycles. The van der Waals surface area contributed by atoms with Gasteiger partial charge in [0.1, 0.15) is 47.9 Å². The van der Waals surface area contributed by atoms with Crippen molar-refractivity contribution in [3.8, 4) is 18.1 Å². The van der Waals surface area contributed by atoms with Crippen LogP contribution in [0.2, 0.25) is 0 Å². The van der Waals surface area contributed by atoms with E-state index in [0.29, 0.717) is 12.5 Å². The lowest BCUT2D eigenvalue weighted by molar-refractivity contribution is -0.158. The molecule has 354 valence electrons. The van der Waals surface area contributed by atoms with Gasteiger partial charge in [-0.05, 0) is 56.5 Å². The van der Waals surface area contributed by atoms with Crippen molar-refractivity contribution >= 4 is 30.8 Å². The normalized spacial score (nSPS) is 18.6. The number of imidazole rings is 1. The van der Waals surface area contributed by atoms with Gasteiger partial charge in [0, 0.05) is 18.9 Å². The van der Waals surface area contributed by atoms with Gasteiger partial charge in [0.15, 0.2) is 11.2 Å². The number of para-hydroxylation sites is 1. The smallest absolute Gasteiger partial charge is 0.459 e. The number of rotatable bonds is 29. The first kappa shape index (κ1) is 51.2. The lowest BCUT2D eigenvalue weighted by Crippen LogP contribution is -2.46. The van der Waals surface area contributed by atoms with E-state index >= 15 is 0 Å². The van der Waals surface area contributed by atoms with E-state index < -0.39 is 80.5 Å². The molecule has 1 saturated heterocycles. The fraction of sp³-hybridized carbons (Fsp3) is 0.562. The number of nitrogens with one attached hydrogen (secondary N) is 1. The average Bonchev–Trinajstić information content (AvgIpc) is 3.84. The maximum atomic E-state index is 14.9. The monoisotopic (exact) mass is 925 g/mol. The molecule has 1 aliphatic heterocycles. The van der Waals surface area contributed by atoms with Crippen LogP contribution in [0.25, 0.3) is 11.2 Å². The van der Waals surface area contributed by atoms with Gasteiger partial charge in [0.05, 0.1) is 18.6 Å². The second kappa shape index (κ2) is 25.8. The van der Waals surface area contributed by atoms with Crippen molar-refractivity contribution in [1.29, 1.82) is 0 Å². The van der Waals surface area contributed by atoms with Crippen LogP contribution in [-0.2, 0) is 39.3 Å². The minimum absolute atomic E-state index is 0.0443. The Bertz CT molecular complexity index is 2190. The van der Waals surface area contributed by atoms with Crippen LogP contribution in [0.3, 0.4) is 0 Å². The molecular formula is C48H63F3N5O8P. The number of esters is 2. The molecule has 13 nitrogen and oxygen atoms in total. The first-order valence-corrected chi connectivity index (χ1v) is 24.5. The molecule has 0 saturated carbocycles. The Labute approximate surface area is 380 Å². The fourth-order valence-electron chi connectivity index (χ4n) is 7.77. The molecule has 4 aromatic rings. The summed E-state index contributed by atoms with van der Waals surface area (Å²) in [4.78, 5) is 38.7. The van der Waals surface area contributed by atoms with Gasteiger partial charge in [-0.15, -0.1) is 6.42 Å². The van der Waals surface area contributed by atoms with Crippen molar-refractivity contribution in [3.05, 3.63) is 84.3 Å². The zero-order valence-electron chi connectivity index (χ0n) is 37.7. The Kier molecular flexibility index (Phi) is 20.3. The maximum Gasteiger partial charge on any atom is 0.459 e. The Hall–Kier alpha value is -4.81. The lowest BCUT2D eigenvalue weighted by atomic mass is 9.98. The van der Waals surface area contributed by atoms with Gasteiger partial charge < -0.3 is 18.7 Å². The number of unbranched alkanes of at least 4 members (excludes halogenated alkanes) is 14. The average molecular weight is 926 g/mol. The molecule has 3 heterocycles. The lowest BCUT2D eigenvalue weighted by Gasteiger charge is -2.31. The van der Waals surface area contributed by atoms with Crippen LogP contribution in [-0.4, -0.2) is 61.9 Å². The number of carbonyl (C=O) groups excluding carboxylic acids is 2. The third kappa shape index (κ3) is 16.2. The van der Waals surface area contributed by atoms with Crippen LogP contribution >= 0.6 is 7.75 Å². The van der Waals surface area contributed by atoms with Crippen LogP contribution in [0, 0.1) is 30.1 Å². The number of fused-ring (bicyclic) bond motifs is 1. The predicted molar refractivity (Wildman–Crippen MR) is 240 cm³/mol. The number of hydrogen-bond donors (Lipinski definition) is 1. The highest BCUT2D eigenvalue weighted by Crippen LogP contribution is 2.49. The number of aromatic nitrogens is 4. The standard InChI is InChI=1S/C48H63F3N5O8P/c1-5-7-8-9-10-11-12-13-14-15-16-17-18-19-23-26-44(57)62-42-31-43(56-34-53-41-32-52-47(51)54-45(41)56)63-48(42,6-2)33-60-65(59,64-39-24-21-20-22-25-39)55-40(46(58)61-35(3)4)29-36-27-37(49)30-38(50)28-36/h2,20-22,24-25,27-28,30,32,34-35,40,42-43H,5,7-19,23,26,29,31,33H2,1,3-4H3,(H,55,59)/t40-,42-,43+,48+,65-/m0/s1. The Morgan fingerprint density at radius 2 is 1.54 bits per heavy atom. The summed E-state index contributed by atoms with van der Waals surface area (Å²) in [5.41, 5.74) is -1.55. The fourth-order valence-corrected chi connectivity index (χ4v) is 9.29. The van der Waals surface area contributed by atoms with Crippen LogP contribution < -0.4 is 9.61 Å². The summed E-state index contributed by atoms with van der Waals surface area (Å²) in [5, 5.41) is 2.62. The number of carbonyl (C=O) groups is 2. The summed E-state index contributed by atoms with van der Waals surface area (Å²) in [5.74, 6) is -0.621. The molecule has 17 heteroatoms. The molecule has 0 amide bonds. The molecule has 5 atom stereocenters. The molecule has 0 bridgehead atoms. The zero-order chi connectivity index (χ0) is 46.7. The zero-order valence-corrected chi connectivity index (χ0v) is 38.6. The molecule has 1 aliphatic rings. The van der Waals surface area contributed by atoms with E-state index in [1.165, 1.54) is 93.4 Å². The summed E-state index contributed by atoms with van der Waals surface area (Å²) in [6.45, 7) is 4.71. The van der Waals surface area contributed by atoms with E-state index in [-0.39, 0.29) is 35.3 Å². The Morgan fingerprint density at radius 1 is 0.923 bits per heavy atom. The molecule has 0 unspecified atom stereocenters. The van der Waals surface area contributed by atoms with Crippen molar-refractivity contribution in [1.82, 2.24) is 24.6 Å². The summed E-state index contributed by atoms with van der Waals surface area (Å²) in [6, 6.07) is 9.12. The Morgan fingerprint density at radius 3 is 2.14 bits per heavy atom. The first-order valence-electron chi connectivity index (χ1n) is 22.9. The first-order chi connectivity index (χ1) is 31.3. The molecule has 5 rings (SSSR count). The number of benzene rings is 2. The third-order valence-electron chi connectivity index (χ3n) is 11.1. The van der Waals surface area contributed by atoms with E-state index in [2.05, 4.69) is 32.9 Å². The van der Waals surface area contributed by atoms with Gasteiger partial charge in [0.25, 0.3) is 0 Å². The molecule has 65 heavy (non-hydrogen) atoms. The van der Waals surface area contributed by atoms with Crippen molar-refractivity contribution in [2.75, 3.05) is 6.61 Å². The van der Waals surface area contributed by atoms with Crippen molar-refractivity contribution in [2.24, 2.45) is 0 Å². The quantitative estimate of drug-likeness (QED) is 0.0181. The second-order valence-electron chi connectivity index (χ2n) is 16.8. The predicted octanol–water partition coefficient (Wildman–Crippen LogP) is 11.1. The van der Waals surface area contributed by atoms with E-state index in [1.54, 1.807) is 32.0 Å².